The number of aryl methyl sites for hydroxylation is 2. The number of carbonyl (C=O) groups excluding carboxylic acids is 1. The van der Waals surface area contributed by atoms with Gasteiger partial charge in [0.1, 0.15) is 6.10 Å². The summed E-state index contributed by atoms with van der Waals surface area (Å²) in [5.74, 6) is 0.833. The van der Waals surface area contributed by atoms with Crippen LogP contribution < -0.4 is 20.1 Å². The Balaban J connectivity index is 1.59. The van der Waals surface area contributed by atoms with Gasteiger partial charge in [-0.2, -0.15) is 4.98 Å². The maximum absolute atomic E-state index is 12.8. The molecule has 0 spiro atoms. The molecule has 2 aliphatic rings. The third-order valence-electron chi connectivity index (χ3n) is 5.54. The van der Waals surface area contributed by atoms with Crippen LogP contribution in [0.4, 0.5) is 5.95 Å². The van der Waals surface area contributed by atoms with Gasteiger partial charge in [0.25, 0.3) is 5.91 Å². The fourth-order valence-corrected chi connectivity index (χ4v) is 4.65. The van der Waals surface area contributed by atoms with Gasteiger partial charge in [0.05, 0.1) is 11.7 Å². The van der Waals surface area contributed by atoms with Crippen LogP contribution in [0.3, 0.4) is 0 Å². The van der Waals surface area contributed by atoms with E-state index in [0.717, 1.165) is 27.3 Å². The van der Waals surface area contributed by atoms with E-state index in [4.69, 9.17) is 9.72 Å². The third kappa shape index (κ3) is 4.08. The Morgan fingerprint density at radius 2 is 1.84 bits per heavy atom. The summed E-state index contributed by atoms with van der Waals surface area (Å²) in [4.78, 5) is 23.0. The van der Waals surface area contributed by atoms with Crippen molar-refractivity contribution in [3.05, 3.63) is 65.2 Å². The molecule has 3 aromatic rings. The van der Waals surface area contributed by atoms with Crippen molar-refractivity contribution in [3.63, 3.8) is 0 Å². The lowest BCUT2D eigenvalue weighted by molar-refractivity contribution is 0.0901. The number of ether oxygens (including phenoxy) is 1. The minimum absolute atomic E-state index is 0.113. The number of carbonyl (C=O) groups is 1. The SMILES string of the molecule is Cc1cccc(C)c1-c1cc2nc(n1)NSc1cccc(c1)C(=O)N[C@@H]1CNC[C@H]1O2. The van der Waals surface area contributed by atoms with E-state index < -0.39 is 0 Å². The van der Waals surface area contributed by atoms with E-state index in [2.05, 4.69) is 46.3 Å². The average molecular weight is 434 g/mol. The lowest BCUT2D eigenvalue weighted by Gasteiger charge is -2.21. The zero-order valence-electron chi connectivity index (χ0n) is 17.3. The standard InChI is InChI=1S/C23H23N5O2S/c1-13-5-3-6-14(2)21(13)17-10-20-27-23(26-17)28-31-16-8-4-7-15(9-16)22(29)25-18-11-24-12-19(18)30-20/h3-10,18-19,24H,11-12H2,1-2H3,(H,25,29)(H,26,27,28)/t18-,19-/m1/s1. The molecule has 31 heavy (non-hydrogen) atoms. The first-order chi connectivity index (χ1) is 15.1. The fraction of sp³-hybridized carbons (Fsp3) is 0.261. The van der Waals surface area contributed by atoms with Crippen LogP contribution in [-0.4, -0.2) is 41.1 Å². The van der Waals surface area contributed by atoms with E-state index in [1.54, 1.807) is 0 Å². The van der Waals surface area contributed by atoms with Crippen LogP contribution in [-0.2, 0) is 0 Å². The van der Waals surface area contributed by atoms with E-state index in [9.17, 15) is 4.79 Å². The number of anilines is 1. The highest BCUT2D eigenvalue weighted by molar-refractivity contribution is 8.00. The fourth-order valence-electron chi connectivity index (χ4n) is 4.01. The summed E-state index contributed by atoms with van der Waals surface area (Å²) in [5, 5.41) is 6.40. The first-order valence-corrected chi connectivity index (χ1v) is 11.1. The van der Waals surface area contributed by atoms with Gasteiger partial charge >= 0.3 is 0 Å². The third-order valence-corrected chi connectivity index (χ3v) is 6.32. The van der Waals surface area contributed by atoms with Crippen LogP contribution in [0.25, 0.3) is 11.3 Å². The van der Waals surface area contributed by atoms with Gasteiger partial charge in [0.15, 0.2) is 0 Å². The second kappa shape index (κ2) is 8.20. The van der Waals surface area contributed by atoms with Crippen molar-refractivity contribution in [2.75, 3.05) is 17.8 Å². The Morgan fingerprint density at radius 3 is 2.68 bits per heavy atom. The van der Waals surface area contributed by atoms with Gasteiger partial charge in [0.2, 0.25) is 11.8 Å². The van der Waals surface area contributed by atoms with Gasteiger partial charge in [-0.15, -0.1) is 0 Å². The Labute approximate surface area is 185 Å². The van der Waals surface area contributed by atoms with Crippen molar-refractivity contribution < 1.29 is 9.53 Å². The number of nitrogens with zero attached hydrogens (tertiary/aromatic N) is 2. The number of rotatable bonds is 1. The molecule has 2 aromatic carbocycles. The van der Waals surface area contributed by atoms with Gasteiger partial charge in [-0.1, -0.05) is 24.3 Å². The molecule has 2 atom stereocenters. The van der Waals surface area contributed by atoms with Crippen molar-refractivity contribution in [2.45, 2.75) is 30.9 Å². The van der Waals surface area contributed by atoms with E-state index in [-0.39, 0.29) is 18.1 Å². The summed E-state index contributed by atoms with van der Waals surface area (Å²) < 4.78 is 9.49. The molecule has 158 valence electrons. The molecule has 0 unspecified atom stereocenters. The van der Waals surface area contributed by atoms with Crippen LogP contribution in [0.2, 0.25) is 0 Å². The molecule has 1 aromatic heterocycles. The molecule has 5 rings (SSSR count). The number of nitrogens with one attached hydrogen (secondary N) is 3. The smallest absolute Gasteiger partial charge is 0.251 e. The minimum Gasteiger partial charge on any atom is -0.471 e. The summed E-state index contributed by atoms with van der Waals surface area (Å²) in [6, 6.07) is 15.4. The molecule has 0 aliphatic carbocycles. The van der Waals surface area contributed by atoms with Gasteiger partial charge in [-0.25, -0.2) is 4.98 Å². The maximum atomic E-state index is 12.8. The van der Waals surface area contributed by atoms with Crippen molar-refractivity contribution in [1.29, 1.82) is 0 Å². The second-order valence-electron chi connectivity index (χ2n) is 7.81. The molecule has 1 fully saturated rings. The summed E-state index contributed by atoms with van der Waals surface area (Å²) in [6.45, 7) is 5.43. The highest BCUT2D eigenvalue weighted by Gasteiger charge is 2.31. The highest BCUT2D eigenvalue weighted by Crippen LogP contribution is 2.31. The topological polar surface area (TPSA) is 88.2 Å². The molecule has 7 nitrogen and oxygen atoms in total. The first-order valence-electron chi connectivity index (χ1n) is 10.2. The summed E-state index contributed by atoms with van der Waals surface area (Å²) in [7, 11) is 0. The van der Waals surface area contributed by atoms with Crippen LogP contribution in [0.15, 0.2) is 53.4 Å². The quantitative estimate of drug-likeness (QED) is 0.507. The summed E-state index contributed by atoms with van der Waals surface area (Å²) in [5.41, 5.74) is 4.77. The van der Waals surface area contributed by atoms with E-state index in [1.807, 2.05) is 36.4 Å². The second-order valence-corrected chi connectivity index (χ2v) is 8.69. The summed E-state index contributed by atoms with van der Waals surface area (Å²) in [6.07, 6.45) is -0.228. The molecule has 0 saturated carbocycles. The lowest BCUT2D eigenvalue weighted by atomic mass is 10.00. The first kappa shape index (κ1) is 19.8. The van der Waals surface area contributed by atoms with Crippen molar-refractivity contribution in [2.24, 2.45) is 0 Å². The number of hydrogen-bond donors (Lipinski definition) is 3. The zero-order chi connectivity index (χ0) is 21.4. The molecule has 0 radical (unpaired) electrons. The molecular formula is C23H23N5O2S. The predicted molar refractivity (Wildman–Crippen MR) is 121 cm³/mol. The van der Waals surface area contributed by atoms with Crippen molar-refractivity contribution >= 4 is 23.8 Å². The molecule has 8 heteroatoms. The van der Waals surface area contributed by atoms with E-state index >= 15 is 0 Å². The number of amides is 1. The molecule has 3 N–H and O–H groups in total. The Kier molecular flexibility index (Phi) is 5.25. The monoisotopic (exact) mass is 433 g/mol. The average Bonchev–Trinajstić information content (AvgIpc) is 3.18. The lowest BCUT2D eigenvalue weighted by Crippen LogP contribution is -2.45. The Hall–Kier alpha value is -3.10. The van der Waals surface area contributed by atoms with Gasteiger partial charge in [0, 0.05) is 35.2 Å². The molecule has 1 saturated heterocycles. The van der Waals surface area contributed by atoms with Crippen molar-refractivity contribution in [1.82, 2.24) is 20.6 Å². The van der Waals surface area contributed by atoms with Crippen LogP contribution in [0.5, 0.6) is 5.88 Å². The number of benzene rings is 2. The van der Waals surface area contributed by atoms with E-state index in [0.29, 0.717) is 30.5 Å². The zero-order valence-corrected chi connectivity index (χ0v) is 18.1. The number of aromatic nitrogens is 2. The van der Waals surface area contributed by atoms with Gasteiger partial charge in [-0.3, -0.25) is 9.52 Å². The molecule has 2 aliphatic heterocycles. The molecule has 3 heterocycles. The maximum Gasteiger partial charge on any atom is 0.251 e. The summed E-state index contributed by atoms with van der Waals surface area (Å²) >= 11 is 1.37. The van der Waals surface area contributed by atoms with Gasteiger partial charge in [-0.05, 0) is 55.1 Å². The minimum atomic E-state index is -0.228. The van der Waals surface area contributed by atoms with Gasteiger partial charge < -0.3 is 15.4 Å². The number of fused-ring (bicyclic) bond motifs is 5. The van der Waals surface area contributed by atoms with E-state index in [1.165, 1.54) is 11.9 Å². The normalized spacial score (nSPS) is 20.3. The highest BCUT2D eigenvalue weighted by atomic mass is 32.2. The van der Waals surface area contributed by atoms with Crippen molar-refractivity contribution in [3.8, 4) is 17.1 Å². The Bertz CT molecular complexity index is 1130. The predicted octanol–water partition coefficient (Wildman–Crippen LogP) is 3.34. The number of hydrogen-bond acceptors (Lipinski definition) is 7. The molecule has 4 bridgehead atoms. The Morgan fingerprint density at radius 1 is 1.03 bits per heavy atom. The van der Waals surface area contributed by atoms with Crippen LogP contribution in [0, 0.1) is 13.8 Å². The molecular weight excluding hydrogens is 410 g/mol. The van der Waals surface area contributed by atoms with Crippen LogP contribution in [0.1, 0.15) is 21.5 Å². The largest absolute Gasteiger partial charge is 0.471 e. The molecule has 1 amide bonds. The van der Waals surface area contributed by atoms with Crippen LogP contribution >= 0.6 is 11.9 Å².